The summed E-state index contributed by atoms with van der Waals surface area (Å²) in [5, 5.41) is 4.43. The van der Waals surface area contributed by atoms with Crippen LogP contribution in [0.4, 0.5) is 0 Å². The molecule has 2 saturated heterocycles. The standard InChI is InChI=1S/C16H32N2OS/c1-13(2)9-17-10-16(5-7-19-12-16)11-18-6-8-20-15(4)14(18)3/h13-15,17H,5-12H2,1-4H3. The summed E-state index contributed by atoms with van der Waals surface area (Å²) in [5.74, 6) is 2.00. The van der Waals surface area contributed by atoms with Crippen molar-refractivity contribution in [2.45, 2.75) is 45.4 Å². The van der Waals surface area contributed by atoms with Crippen molar-refractivity contribution in [1.29, 1.82) is 0 Å². The highest BCUT2D eigenvalue weighted by Crippen LogP contribution is 2.33. The van der Waals surface area contributed by atoms with Gasteiger partial charge in [-0.1, -0.05) is 20.8 Å². The van der Waals surface area contributed by atoms with E-state index in [0.717, 1.165) is 37.5 Å². The molecule has 0 bridgehead atoms. The van der Waals surface area contributed by atoms with Crippen molar-refractivity contribution in [3.05, 3.63) is 0 Å². The highest BCUT2D eigenvalue weighted by atomic mass is 32.2. The average molecular weight is 301 g/mol. The maximum atomic E-state index is 5.75. The molecule has 0 aromatic carbocycles. The molecule has 2 fully saturated rings. The first-order chi connectivity index (χ1) is 9.52. The predicted octanol–water partition coefficient (Wildman–Crippen LogP) is 2.46. The molecule has 1 N–H and O–H groups in total. The van der Waals surface area contributed by atoms with Crippen LogP contribution in [0.1, 0.15) is 34.1 Å². The number of nitrogens with one attached hydrogen (secondary N) is 1. The monoisotopic (exact) mass is 300 g/mol. The van der Waals surface area contributed by atoms with Crippen LogP contribution in [0.5, 0.6) is 0 Å². The quantitative estimate of drug-likeness (QED) is 0.814. The van der Waals surface area contributed by atoms with E-state index in [1.54, 1.807) is 0 Å². The van der Waals surface area contributed by atoms with Gasteiger partial charge in [0.25, 0.3) is 0 Å². The van der Waals surface area contributed by atoms with Crippen molar-refractivity contribution in [2.75, 3.05) is 45.1 Å². The van der Waals surface area contributed by atoms with E-state index in [4.69, 9.17) is 4.74 Å². The third-order valence-corrected chi connectivity index (χ3v) is 6.13. The molecule has 0 aliphatic carbocycles. The lowest BCUT2D eigenvalue weighted by molar-refractivity contribution is 0.0900. The molecule has 0 aromatic rings. The summed E-state index contributed by atoms with van der Waals surface area (Å²) in [5.41, 5.74) is 0.338. The molecule has 2 heterocycles. The molecular formula is C16H32N2OS. The Morgan fingerprint density at radius 2 is 2.20 bits per heavy atom. The highest BCUT2D eigenvalue weighted by molar-refractivity contribution is 8.00. The maximum absolute atomic E-state index is 5.75. The molecule has 0 spiro atoms. The van der Waals surface area contributed by atoms with Gasteiger partial charge in [0.1, 0.15) is 0 Å². The third-order valence-electron chi connectivity index (χ3n) is 4.79. The van der Waals surface area contributed by atoms with Gasteiger partial charge in [-0.05, 0) is 25.8 Å². The van der Waals surface area contributed by atoms with Crippen LogP contribution in [0.2, 0.25) is 0 Å². The largest absolute Gasteiger partial charge is 0.381 e. The molecule has 0 saturated carbocycles. The van der Waals surface area contributed by atoms with E-state index in [0.29, 0.717) is 11.5 Å². The summed E-state index contributed by atoms with van der Waals surface area (Å²) < 4.78 is 5.75. The van der Waals surface area contributed by atoms with Gasteiger partial charge >= 0.3 is 0 Å². The normalized spacial score (nSPS) is 35.9. The Hall–Kier alpha value is 0.230. The molecule has 3 atom stereocenters. The minimum absolute atomic E-state index is 0.338. The molecule has 2 aliphatic rings. The van der Waals surface area contributed by atoms with Gasteiger partial charge in [-0.25, -0.2) is 0 Å². The van der Waals surface area contributed by atoms with Crippen molar-refractivity contribution >= 4 is 11.8 Å². The fourth-order valence-corrected chi connectivity index (χ4v) is 4.41. The van der Waals surface area contributed by atoms with Gasteiger partial charge < -0.3 is 10.1 Å². The summed E-state index contributed by atoms with van der Waals surface area (Å²) >= 11 is 2.12. The second kappa shape index (κ2) is 7.48. The predicted molar refractivity (Wildman–Crippen MR) is 88.5 cm³/mol. The zero-order chi connectivity index (χ0) is 14.6. The van der Waals surface area contributed by atoms with Crippen LogP contribution in [0.3, 0.4) is 0 Å². The topological polar surface area (TPSA) is 24.5 Å². The van der Waals surface area contributed by atoms with Crippen LogP contribution in [0.15, 0.2) is 0 Å². The number of rotatable bonds is 6. The third kappa shape index (κ3) is 4.36. The van der Waals surface area contributed by atoms with E-state index in [-0.39, 0.29) is 0 Å². The summed E-state index contributed by atoms with van der Waals surface area (Å²) in [4.78, 5) is 2.70. The Balaban J connectivity index is 1.90. The Labute approximate surface area is 129 Å². The van der Waals surface area contributed by atoms with Crippen molar-refractivity contribution in [1.82, 2.24) is 10.2 Å². The van der Waals surface area contributed by atoms with E-state index in [9.17, 15) is 0 Å². The molecule has 20 heavy (non-hydrogen) atoms. The second-order valence-corrected chi connectivity index (χ2v) is 8.60. The van der Waals surface area contributed by atoms with Gasteiger partial charge in [0, 0.05) is 48.7 Å². The SMILES string of the molecule is CC(C)CNCC1(CN2CCSC(C)C2C)CCOC1. The van der Waals surface area contributed by atoms with Gasteiger partial charge in [0.15, 0.2) is 0 Å². The van der Waals surface area contributed by atoms with Crippen molar-refractivity contribution in [3.63, 3.8) is 0 Å². The molecule has 118 valence electrons. The van der Waals surface area contributed by atoms with Crippen LogP contribution in [0, 0.1) is 11.3 Å². The van der Waals surface area contributed by atoms with E-state index < -0.39 is 0 Å². The second-order valence-electron chi connectivity index (χ2n) is 7.11. The Morgan fingerprint density at radius 3 is 2.85 bits per heavy atom. The van der Waals surface area contributed by atoms with E-state index in [1.807, 2.05) is 0 Å². The number of nitrogens with zero attached hydrogens (tertiary/aromatic N) is 1. The molecule has 2 rings (SSSR count). The minimum Gasteiger partial charge on any atom is -0.381 e. The van der Waals surface area contributed by atoms with E-state index in [2.05, 4.69) is 49.7 Å². The van der Waals surface area contributed by atoms with Gasteiger partial charge in [-0.3, -0.25) is 4.90 Å². The van der Waals surface area contributed by atoms with Crippen molar-refractivity contribution < 1.29 is 4.74 Å². The maximum Gasteiger partial charge on any atom is 0.0547 e. The van der Waals surface area contributed by atoms with E-state index in [1.165, 1.54) is 25.3 Å². The first-order valence-electron chi connectivity index (χ1n) is 8.16. The summed E-state index contributed by atoms with van der Waals surface area (Å²) in [7, 11) is 0. The minimum atomic E-state index is 0.338. The molecular weight excluding hydrogens is 268 g/mol. The average Bonchev–Trinajstić information content (AvgIpc) is 2.83. The fraction of sp³-hybridized carbons (Fsp3) is 1.00. The van der Waals surface area contributed by atoms with Gasteiger partial charge in [-0.2, -0.15) is 11.8 Å². The van der Waals surface area contributed by atoms with E-state index >= 15 is 0 Å². The smallest absolute Gasteiger partial charge is 0.0547 e. The number of hydrogen-bond donors (Lipinski definition) is 1. The highest BCUT2D eigenvalue weighted by Gasteiger charge is 2.38. The number of hydrogen-bond acceptors (Lipinski definition) is 4. The lowest BCUT2D eigenvalue weighted by Gasteiger charge is -2.42. The van der Waals surface area contributed by atoms with Crippen LogP contribution in [-0.4, -0.2) is 61.3 Å². The van der Waals surface area contributed by atoms with Gasteiger partial charge in [0.2, 0.25) is 0 Å². The Bertz CT molecular complexity index is 292. The molecule has 3 unspecified atom stereocenters. The van der Waals surface area contributed by atoms with Crippen molar-refractivity contribution in [3.8, 4) is 0 Å². The van der Waals surface area contributed by atoms with Crippen LogP contribution < -0.4 is 5.32 Å². The summed E-state index contributed by atoms with van der Waals surface area (Å²) in [6.07, 6.45) is 1.21. The Kier molecular flexibility index (Phi) is 6.21. The lowest BCUT2D eigenvalue weighted by Crippen LogP contribution is -2.52. The molecule has 0 aromatic heterocycles. The molecule has 0 amide bonds. The summed E-state index contributed by atoms with van der Waals surface area (Å²) in [6.45, 7) is 15.8. The van der Waals surface area contributed by atoms with Crippen LogP contribution in [-0.2, 0) is 4.74 Å². The Morgan fingerprint density at radius 1 is 1.40 bits per heavy atom. The van der Waals surface area contributed by atoms with Gasteiger partial charge in [-0.15, -0.1) is 0 Å². The molecule has 4 heteroatoms. The van der Waals surface area contributed by atoms with Crippen molar-refractivity contribution in [2.24, 2.45) is 11.3 Å². The van der Waals surface area contributed by atoms with Crippen LogP contribution in [0.25, 0.3) is 0 Å². The zero-order valence-electron chi connectivity index (χ0n) is 13.7. The zero-order valence-corrected chi connectivity index (χ0v) is 14.5. The first kappa shape index (κ1) is 16.6. The number of ether oxygens (including phenoxy) is 1. The molecule has 0 radical (unpaired) electrons. The first-order valence-corrected chi connectivity index (χ1v) is 9.21. The molecule has 2 aliphatic heterocycles. The fourth-order valence-electron chi connectivity index (χ4n) is 3.25. The van der Waals surface area contributed by atoms with Gasteiger partial charge in [0.05, 0.1) is 6.61 Å². The lowest BCUT2D eigenvalue weighted by atomic mass is 9.85. The summed E-state index contributed by atoms with van der Waals surface area (Å²) in [6, 6.07) is 0.691. The number of thioether (sulfide) groups is 1. The molecule has 3 nitrogen and oxygen atoms in total. The van der Waals surface area contributed by atoms with Crippen LogP contribution >= 0.6 is 11.8 Å².